The fourth-order valence-corrected chi connectivity index (χ4v) is 6.18. The number of halogens is 2. The van der Waals surface area contributed by atoms with Crippen LogP contribution in [0.5, 0.6) is 11.6 Å². The van der Waals surface area contributed by atoms with E-state index in [2.05, 4.69) is 36.1 Å². The van der Waals surface area contributed by atoms with Gasteiger partial charge in [0.2, 0.25) is 11.8 Å². The molecule has 0 spiro atoms. The summed E-state index contributed by atoms with van der Waals surface area (Å²) in [4.78, 5) is 31.8. The lowest BCUT2D eigenvalue weighted by molar-refractivity contribution is -0.137. The number of carbonyl (C=O) groups is 1. The number of methoxy groups -OCH3 is 1. The van der Waals surface area contributed by atoms with E-state index in [4.69, 9.17) is 18.9 Å². The summed E-state index contributed by atoms with van der Waals surface area (Å²) in [5.41, 5.74) is 1.96. The van der Waals surface area contributed by atoms with Crippen LogP contribution in [0.2, 0.25) is 0 Å². The number of ether oxygens (including phenoxy) is 4. The molecule has 6 rings (SSSR count). The number of benzene rings is 1. The highest BCUT2D eigenvalue weighted by Crippen LogP contribution is 2.36. The van der Waals surface area contributed by atoms with Gasteiger partial charge in [-0.2, -0.15) is 10.2 Å². The van der Waals surface area contributed by atoms with Crippen molar-refractivity contribution in [3.8, 4) is 29.0 Å². The maximum absolute atomic E-state index is 15.2. The predicted molar refractivity (Wildman–Crippen MR) is 181 cm³/mol. The average molecular weight is 693 g/mol. The fraction of sp³-hybridized carbons (Fsp3) is 0.514. The van der Waals surface area contributed by atoms with Gasteiger partial charge in [0.05, 0.1) is 44.2 Å². The SMILES string of the molecule is COc1nc(Nc2nccc(-c3cc(C#N)c(OC4CCN(C(=O)OC(C)(C)C)CC4(F)F)cc3C)n2)ccc1N1CCN(C2COC2)CC1. The lowest BCUT2D eigenvalue weighted by atomic mass is 10.0. The van der Waals surface area contributed by atoms with Crippen LogP contribution in [0, 0.1) is 18.3 Å². The molecule has 1 aromatic carbocycles. The summed E-state index contributed by atoms with van der Waals surface area (Å²) in [6.45, 7) is 11.2. The molecule has 3 aromatic rings. The van der Waals surface area contributed by atoms with E-state index < -0.39 is 30.3 Å². The number of amides is 1. The van der Waals surface area contributed by atoms with Crippen molar-refractivity contribution in [1.29, 1.82) is 5.26 Å². The summed E-state index contributed by atoms with van der Waals surface area (Å²) in [5.74, 6) is -2.08. The molecular formula is C35H42F2N8O5. The zero-order valence-corrected chi connectivity index (χ0v) is 28.9. The van der Waals surface area contributed by atoms with Crippen molar-refractivity contribution in [3.05, 3.63) is 47.7 Å². The van der Waals surface area contributed by atoms with Crippen LogP contribution in [0.1, 0.15) is 38.3 Å². The molecular weight excluding hydrogens is 650 g/mol. The van der Waals surface area contributed by atoms with E-state index in [1.165, 1.54) is 0 Å². The van der Waals surface area contributed by atoms with Gasteiger partial charge in [-0.3, -0.25) is 4.90 Å². The van der Waals surface area contributed by atoms with Crippen LogP contribution in [-0.2, 0) is 9.47 Å². The molecule has 1 amide bonds. The first-order chi connectivity index (χ1) is 23.8. The predicted octanol–water partition coefficient (Wildman–Crippen LogP) is 5.02. The third-order valence-corrected chi connectivity index (χ3v) is 8.90. The molecule has 3 aliphatic heterocycles. The highest BCUT2D eigenvalue weighted by molar-refractivity contribution is 5.70. The van der Waals surface area contributed by atoms with Crippen molar-refractivity contribution in [3.63, 3.8) is 0 Å². The van der Waals surface area contributed by atoms with Gasteiger partial charge in [0.1, 0.15) is 28.9 Å². The molecule has 1 unspecified atom stereocenters. The fourth-order valence-electron chi connectivity index (χ4n) is 6.18. The van der Waals surface area contributed by atoms with E-state index in [1.54, 1.807) is 59.2 Å². The Kier molecular flexibility index (Phi) is 9.95. The third-order valence-electron chi connectivity index (χ3n) is 8.90. The quantitative estimate of drug-likeness (QED) is 0.340. The van der Waals surface area contributed by atoms with Gasteiger partial charge in [0.25, 0.3) is 0 Å². The minimum absolute atomic E-state index is 0.0296. The molecule has 0 radical (unpaired) electrons. The van der Waals surface area contributed by atoms with Crippen LogP contribution in [0.25, 0.3) is 11.3 Å². The van der Waals surface area contributed by atoms with Crippen molar-refractivity contribution in [2.24, 2.45) is 0 Å². The van der Waals surface area contributed by atoms with Crippen molar-refractivity contribution in [2.45, 2.75) is 57.8 Å². The van der Waals surface area contributed by atoms with E-state index in [0.717, 1.165) is 50.0 Å². The Hall–Kier alpha value is -4.81. The molecule has 3 fully saturated rings. The number of rotatable bonds is 8. The standard InChI is InChI=1S/C35H42F2N8O5/c1-22-16-28(49-29-9-11-45(21-35(29,36)37)33(46)50-34(2,3)4)23(18-38)17-25(22)26-8-10-39-32(40-26)42-30-7-6-27(31(41-30)47-5)44-14-12-43(13-15-44)24-19-48-20-24/h6-8,10,16-17,24,29H,9,11-15,19-21H2,1-5H3,(H,39,40,41,42). The zero-order valence-electron chi connectivity index (χ0n) is 28.9. The number of nitrogens with one attached hydrogen (secondary N) is 1. The second-order valence-corrected chi connectivity index (χ2v) is 13.7. The highest BCUT2D eigenvalue weighted by Gasteiger charge is 2.48. The van der Waals surface area contributed by atoms with Crippen LogP contribution in [0.4, 0.5) is 31.0 Å². The first kappa shape index (κ1) is 35.0. The number of nitrogens with zero attached hydrogens (tertiary/aromatic N) is 7. The Bertz CT molecular complexity index is 1750. The molecule has 0 bridgehead atoms. The minimum Gasteiger partial charge on any atom is -0.483 e. The van der Waals surface area contributed by atoms with Crippen LogP contribution in [0.3, 0.4) is 0 Å². The Morgan fingerprint density at radius 2 is 1.86 bits per heavy atom. The maximum Gasteiger partial charge on any atom is 0.410 e. The second-order valence-electron chi connectivity index (χ2n) is 13.7. The number of piperazine rings is 1. The van der Waals surface area contributed by atoms with Gasteiger partial charge in [0, 0.05) is 50.9 Å². The van der Waals surface area contributed by atoms with Crippen LogP contribution >= 0.6 is 0 Å². The van der Waals surface area contributed by atoms with Gasteiger partial charge in [0.15, 0.2) is 6.10 Å². The molecule has 1 N–H and O–H groups in total. The summed E-state index contributed by atoms with van der Waals surface area (Å²) in [5, 5.41) is 13.1. The molecule has 0 aliphatic carbocycles. The summed E-state index contributed by atoms with van der Waals surface area (Å²) in [6.07, 6.45) is -0.886. The first-order valence-electron chi connectivity index (χ1n) is 16.6. The van der Waals surface area contributed by atoms with Gasteiger partial charge in [-0.05, 0) is 63.6 Å². The first-order valence-corrected chi connectivity index (χ1v) is 16.6. The summed E-state index contributed by atoms with van der Waals surface area (Å²) < 4.78 is 52.5. The normalized spacial score (nSPS) is 19.7. The van der Waals surface area contributed by atoms with Crippen LogP contribution < -0.4 is 19.7 Å². The molecule has 5 heterocycles. The Morgan fingerprint density at radius 3 is 2.50 bits per heavy atom. The maximum atomic E-state index is 15.2. The van der Waals surface area contributed by atoms with Gasteiger partial charge in [-0.15, -0.1) is 0 Å². The average Bonchev–Trinajstić information content (AvgIpc) is 3.04. The molecule has 0 saturated carbocycles. The van der Waals surface area contributed by atoms with Crippen molar-refractivity contribution in [1.82, 2.24) is 24.8 Å². The van der Waals surface area contributed by atoms with Gasteiger partial charge < -0.3 is 34.1 Å². The number of hydrogen-bond donors (Lipinski definition) is 1. The molecule has 1 atom stereocenters. The largest absolute Gasteiger partial charge is 0.483 e. The minimum atomic E-state index is -3.36. The van der Waals surface area contributed by atoms with Crippen LogP contribution in [-0.4, -0.2) is 114 Å². The van der Waals surface area contributed by atoms with E-state index in [9.17, 15) is 10.1 Å². The summed E-state index contributed by atoms with van der Waals surface area (Å²) in [6, 6.07) is 11.2. The smallest absolute Gasteiger partial charge is 0.410 e. The van der Waals surface area contributed by atoms with E-state index in [1.807, 2.05) is 12.1 Å². The van der Waals surface area contributed by atoms with Crippen LogP contribution in [0.15, 0.2) is 36.5 Å². The van der Waals surface area contributed by atoms with E-state index in [-0.39, 0.29) is 30.2 Å². The summed E-state index contributed by atoms with van der Waals surface area (Å²) in [7, 11) is 1.59. The number of aromatic nitrogens is 3. The molecule has 15 heteroatoms. The Morgan fingerprint density at radius 1 is 1.10 bits per heavy atom. The number of nitriles is 1. The number of carbonyl (C=O) groups excluding carboxylic acids is 1. The second kappa shape index (κ2) is 14.2. The van der Waals surface area contributed by atoms with Gasteiger partial charge >= 0.3 is 12.0 Å². The molecule has 50 heavy (non-hydrogen) atoms. The Balaban J connectivity index is 1.14. The summed E-state index contributed by atoms with van der Waals surface area (Å²) >= 11 is 0. The molecule has 3 saturated heterocycles. The number of piperidine rings is 1. The molecule has 2 aromatic heterocycles. The zero-order chi connectivity index (χ0) is 35.6. The van der Waals surface area contributed by atoms with Gasteiger partial charge in [-0.1, -0.05) is 0 Å². The van der Waals surface area contributed by atoms with Crippen molar-refractivity contribution < 1.29 is 32.5 Å². The number of aryl methyl sites for hydroxylation is 1. The van der Waals surface area contributed by atoms with Crippen molar-refractivity contribution >= 4 is 23.5 Å². The number of anilines is 3. The number of hydrogen-bond acceptors (Lipinski definition) is 12. The van der Waals surface area contributed by atoms with Crippen molar-refractivity contribution in [2.75, 3.05) is 69.8 Å². The third kappa shape index (κ3) is 7.81. The van der Waals surface area contributed by atoms with E-state index >= 15 is 8.78 Å². The topological polar surface area (TPSA) is 138 Å². The number of alkyl halides is 2. The highest BCUT2D eigenvalue weighted by atomic mass is 19.3. The van der Waals surface area contributed by atoms with Gasteiger partial charge in [-0.25, -0.2) is 23.5 Å². The monoisotopic (exact) mass is 692 g/mol. The molecule has 3 aliphatic rings. The molecule has 266 valence electrons. The lowest BCUT2D eigenvalue weighted by Gasteiger charge is -2.43. The Labute approximate surface area is 290 Å². The number of likely N-dealkylation sites (tertiary alicyclic amines) is 1. The molecule has 13 nitrogen and oxygen atoms in total. The number of pyridine rings is 1. The lowest BCUT2D eigenvalue weighted by Crippen LogP contribution is -2.56. The van der Waals surface area contributed by atoms with E-state index in [0.29, 0.717) is 34.6 Å².